The Labute approximate surface area is 80.1 Å². The van der Waals surface area contributed by atoms with Crippen molar-refractivity contribution in [3.8, 4) is 0 Å². The minimum absolute atomic E-state index is 0.511. The normalized spacial score (nSPS) is 11.2. The van der Waals surface area contributed by atoms with E-state index in [1.165, 1.54) is 17.0 Å². The first-order valence-electron chi connectivity index (χ1n) is 4.74. The second-order valence-electron chi connectivity index (χ2n) is 3.77. The lowest BCUT2D eigenvalue weighted by Crippen LogP contribution is -2.10. The number of nitrogens with one attached hydrogen (secondary N) is 1. The standard InChI is InChI=1S/C10H19N3/c1-7(2)10-8(3)9(6-11-4)13(5)12-10/h7,11H,6H2,1-5H3. The van der Waals surface area contributed by atoms with Gasteiger partial charge in [-0.15, -0.1) is 0 Å². The third kappa shape index (κ3) is 1.91. The van der Waals surface area contributed by atoms with Crippen molar-refractivity contribution in [3.05, 3.63) is 17.0 Å². The van der Waals surface area contributed by atoms with Crippen molar-refractivity contribution in [3.63, 3.8) is 0 Å². The van der Waals surface area contributed by atoms with E-state index >= 15 is 0 Å². The van der Waals surface area contributed by atoms with Gasteiger partial charge in [0.2, 0.25) is 0 Å². The molecule has 0 aliphatic carbocycles. The average molecular weight is 181 g/mol. The summed E-state index contributed by atoms with van der Waals surface area (Å²) in [5, 5.41) is 7.66. The topological polar surface area (TPSA) is 29.9 Å². The van der Waals surface area contributed by atoms with E-state index < -0.39 is 0 Å². The number of aromatic nitrogens is 2. The molecule has 1 N–H and O–H groups in total. The molecule has 1 aromatic heterocycles. The smallest absolute Gasteiger partial charge is 0.0682 e. The van der Waals surface area contributed by atoms with E-state index in [-0.39, 0.29) is 0 Å². The summed E-state index contributed by atoms with van der Waals surface area (Å²) in [4.78, 5) is 0. The highest BCUT2D eigenvalue weighted by molar-refractivity contribution is 5.26. The van der Waals surface area contributed by atoms with Gasteiger partial charge in [0.15, 0.2) is 0 Å². The Morgan fingerprint density at radius 1 is 1.46 bits per heavy atom. The highest BCUT2D eigenvalue weighted by Gasteiger charge is 2.13. The Morgan fingerprint density at radius 3 is 2.46 bits per heavy atom. The lowest BCUT2D eigenvalue weighted by Gasteiger charge is -2.02. The predicted octanol–water partition coefficient (Wildman–Crippen LogP) is 1.57. The predicted molar refractivity (Wildman–Crippen MR) is 54.8 cm³/mol. The molecule has 0 amide bonds. The summed E-state index contributed by atoms with van der Waals surface area (Å²) >= 11 is 0. The summed E-state index contributed by atoms with van der Waals surface area (Å²) in [6.07, 6.45) is 0. The van der Waals surface area contributed by atoms with Gasteiger partial charge in [0, 0.05) is 13.6 Å². The molecule has 13 heavy (non-hydrogen) atoms. The summed E-state index contributed by atoms with van der Waals surface area (Å²) in [6, 6.07) is 0. The Kier molecular flexibility index (Phi) is 3.09. The molecule has 0 aliphatic heterocycles. The average Bonchev–Trinajstić information content (AvgIpc) is 2.32. The minimum atomic E-state index is 0.511. The molecule has 3 heteroatoms. The van der Waals surface area contributed by atoms with Crippen molar-refractivity contribution >= 4 is 0 Å². The molecule has 0 radical (unpaired) electrons. The fourth-order valence-electron chi connectivity index (χ4n) is 1.65. The van der Waals surface area contributed by atoms with Crippen LogP contribution in [0.2, 0.25) is 0 Å². The molecular formula is C10H19N3. The van der Waals surface area contributed by atoms with Gasteiger partial charge in [-0.3, -0.25) is 4.68 Å². The van der Waals surface area contributed by atoms with E-state index in [4.69, 9.17) is 0 Å². The van der Waals surface area contributed by atoms with Gasteiger partial charge in [-0.25, -0.2) is 0 Å². The minimum Gasteiger partial charge on any atom is -0.314 e. The molecule has 0 spiro atoms. The first-order valence-corrected chi connectivity index (χ1v) is 4.74. The maximum absolute atomic E-state index is 4.50. The van der Waals surface area contributed by atoms with Crippen molar-refractivity contribution in [1.82, 2.24) is 15.1 Å². The van der Waals surface area contributed by atoms with Crippen LogP contribution in [0.15, 0.2) is 0 Å². The van der Waals surface area contributed by atoms with Gasteiger partial charge in [-0.05, 0) is 25.5 Å². The van der Waals surface area contributed by atoms with Gasteiger partial charge in [-0.2, -0.15) is 5.10 Å². The molecule has 3 nitrogen and oxygen atoms in total. The van der Waals surface area contributed by atoms with Gasteiger partial charge >= 0.3 is 0 Å². The van der Waals surface area contributed by atoms with Crippen LogP contribution >= 0.6 is 0 Å². The van der Waals surface area contributed by atoms with Crippen LogP contribution in [0.25, 0.3) is 0 Å². The van der Waals surface area contributed by atoms with Gasteiger partial charge in [0.05, 0.1) is 11.4 Å². The van der Waals surface area contributed by atoms with Crippen LogP contribution in [0.1, 0.15) is 36.7 Å². The van der Waals surface area contributed by atoms with Crippen LogP contribution in [0.3, 0.4) is 0 Å². The first kappa shape index (κ1) is 10.3. The monoisotopic (exact) mass is 181 g/mol. The molecule has 0 saturated carbocycles. The van der Waals surface area contributed by atoms with Crippen molar-refractivity contribution in [1.29, 1.82) is 0 Å². The molecule has 0 bridgehead atoms. The highest BCUT2D eigenvalue weighted by Crippen LogP contribution is 2.20. The zero-order valence-electron chi connectivity index (χ0n) is 9.18. The van der Waals surface area contributed by atoms with E-state index in [0.29, 0.717) is 5.92 Å². The maximum Gasteiger partial charge on any atom is 0.0682 e. The fraction of sp³-hybridized carbons (Fsp3) is 0.700. The second-order valence-corrected chi connectivity index (χ2v) is 3.77. The summed E-state index contributed by atoms with van der Waals surface area (Å²) < 4.78 is 1.97. The largest absolute Gasteiger partial charge is 0.314 e. The van der Waals surface area contributed by atoms with Crippen LogP contribution in [-0.2, 0) is 13.6 Å². The third-order valence-corrected chi connectivity index (χ3v) is 2.36. The van der Waals surface area contributed by atoms with Crippen molar-refractivity contribution in [2.24, 2.45) is 7.05 Å². The van der Waals surface area contributed by atoms with E-state index in [1.54, 1.807) is 0 Å². The van der Waals surface area contributed by atoms with Crippen molar-refractivity contribution < 1.29 is 0 Å². The van der Waals surface area contributed by atoms with Crippen LogP contribution < -0.4 is 5.32 Å². The Hall–Kier alpha value is -0.830. The molecule has 74 valence electrons. The first-order chi connectivity index (χ1) is 6.07. The number of aryl methyl sites for hydroxylation is 1. The zero-order chi connectivity index (χ0) is 10.0. The SMILES string of the molecule is CNCc1c(C)c(C(C)C)nn1C. The quantitative estimate of drug-likeness (QED) is 0.767. The summed E-state index contributed by atoms with van der Waals surface area (Å²) in [5.74, 6) is 0.511. The van der Waals surface area contributed by atoms with Gasteiger partial charge in [-0.1, -0.05) is 13.8 Å². The Bertz CT molecular complexity index is 287. The highest BCUT2D eigenvalue weighted by atomic mass is 15.3. The second kappa shape index (κ2) is 3.92. The molecule has 1 heterocycles. The van der Waals surface area contributed by atoms with E-state index in [1.807, 2.05) is 18.8 Å². The third-order valence-electron chi connectivity index (χ3n) is 2.36. The van der Waals surface area contributed by atoms with E-state index in [0.717, 1.165) is 6.54 Å². The fourth-order valence-corrected chi connectivity index (χ4v) is 1.65. The molecule has 0 fully saturated rings. The molecular weight excluding hydrogens is 162 g/mol. The molecule has 1 aromatic rings. The van der Waals surface area contributed by atoms with Crippen LogP contribution in [-0.4, -0.2) is 16.8 Å². The lowest BCUT2D eigenvalue weighted by atomic mass is 10.1. The molecule has 0 unspecified atom stereocenters. The number of rotatable bonds is 3. The maximum atomic E-state index is 4.50. The molecule has 1 rings (SSSR count). The number of hydrogen-bond donors (Lipinski definition) is 1. The van der Waals surface area contributed by atoms with Gasteiger partial charge in [0.1, 0.15) is 0 Å². The number of hydrogen-bond acceptors (Lipinski definition) is 2. The van der Waals surface area contributed by atoms with Crippen molar-refractivity contribution in [2.45, 2.75) is 33.2 Å². The zero-order valence-corrected chi connectivity index (χ0v) is 9.18. The number of nitrogens with zero attached hydrogens (tertiary/aromatic N) is 2. The summed E-state index contributed by atoms with van der Waals surface area (Å²) in [7, 11) is 3.97. The lowest BCUT2D eigenvalue weighted by molar-refractivity contribution is 0.655. The molecule has 0 saturated heterocycles. The van der Waals surface area contributed by atoms with Crippen LogP contribution in [0.4, 0.5) is 0 Å². The van der Waals surface area contributed by atoms with E-state index in [2.05, 4.69) is 31.2 Å². The molecule has 0 atom stereocenters. The molecule has 0 aromatic carbocycles. The molecule has 0 aliphatic rings. The van der Waals surface area contributed by atoms with Crippen LogP contribution in [0, 0.1) is 6.92 Å². The Balaban J connectivity index is 3.07. The van der Waals surface area contributed by atoms with Gasteiger partial charge in [0.25, 0.3) is 0 Å². The van der Waals surface area contributed by atoms with Crippen molar-refractivity contribution in [2.75, 3.05) is 7.05 Å². The van der Waals surface area contributed by atoms with Gasteiger partial charge < -0.3 is 5.32 Å². The summed E-state index contributed by atoms with van der Waals surface area (Å²) in [6.45, 7) is 7.40. The van der Waals surface area contributed by atoms with E-state index in [9.17, 15) is 0 Å². The Morgan fingerprint density at radius 2 is 2.08 bits per heavy atom. The van der Waals surface area contributed by atoms with Crippen LogP contribution in [0.5, 0.6) is 0 Å². The summed E-state index contributed by atoms with van der Waals surface area (Å²) in [5.41, 5.74) is 3.82.